The van der Waals surface area contributed by atoms with E-state index in [1.807, 2.05) is 6.92 Å². The number of methoxy groups -OCH3 is 1. The molecule has 6 nitrogen and oxygen atoms in total. The topological polar surface area (TPSA) is 84.3 Å². The number of rotatable bonds is 9. The minimum atomic E-state index is -0.731. The van der Waals surface area contributed by atoms with Crippen LogP contribution in [-0.4, -0.2) is 34.7 Å². The number of nitrogens with zero attached hydrogens (tertiary/aromatic N) is 2. The summed E-state index contributed by atoms with van der Waals surface area (Å²) in [6.07, 6.45) is 3.32. The molecule has 0 aromatic carbocycles. The Balaban J connectivity index is 2.52. The summed E-state index contributed by atoms with van der Waals surface area (Å²) in [6, 6.07) is 0. The summed E-state index contributed by atoms with van der Waals surface area (Å²) in [6.45, 7) is 6.92. The molecule has 0 amide bonds. The van der Waals surface area contributed by atoms with E-state index in [0.29, 0.717) is 24.1 Å². The standard InChI is InChI=1S/C15H25N3O3/c1-10(2)12(5-6-13(19)20)7-8-16-14-11(3)15(21-4)18-9-17-14/h9-10,12H,5-8H2,1-4H3,(H,19,20)(H,16,17,18). The Morgan fingerprint density at radius 3 is 2.67 bits per heavy atom. The van der Waals surface area contributed by atoms with Crippen LogP contribution in [0.1, 0.15) is 38.7 Å². The largest absolute Gasteiger partial charge is 0.481 e. The lowest BCUT2D eigenvalue weighted by atomic mass is 9.88. The second-order valence-corrected chi connectivity index (χ2v) is 5.51. The molecule has 1 aromatic heterocycles. The summed E-state index contributed by atoms with van der Waals surface area (Å²) in [5, 5.41) is 12.1. The quantitative estimate of drug-likeness (QED) is 0.728. The fourth-order valence-corrected chi connectivity index (χ4v) is 2.31. The summed E-state index contributed by atoms with van der Waals surface area (Å²) in [7, 11) is 1.58. The van der Waals surface area contributed by atoms with Gasteiger partial charge in [0.05, 0.1) is 12.7 Å². The molecule has 0 aliphatic carbocycles. The molecule has 0 spiro atoms. The zero-order valence-electron chi connectivity index (χ0n) is 13.2. The minimum absolute atomic E-state index is 0.225. The second kappa shape index (κ2) is 8.44. The molecule has 21 heavy (non-hydrogen) atoms. The Morgan fingerprint density at radius 1 is 1.38 bits per heavy atom. The predicted molar refractivity (Wildman–Crippen MR) is 81.6 cm³/mol. The third kappa shape index (κ3) is 5.57. The first-order valence-corrected chi connectivity index (χ1v) is 7.27. The van der Waals surface area contributed by atoms with Gasteiger partial charge >= 0.3 is 5.97 Å². The van der Waals surface area contributed by atoms with E-state index in [9.17, 15) is 4.79 Å². The molecule has 1 aromatic rings. The molecule has 0 bridgehead atoms. The van der Waals surface area contributed by atoms with Gasteiger partial charge in [0.25, 0.3) is 0 Å². The van der Waals surface area contributed by atoms with Crippen molar-refractivity contribution in [1.29, 1.82) is 0 Å². The molecule has 6 heteroatoms. The second-order valence-electron chi connectivity index (χ2n) is 5.51. The van der Waals surface area contributed by atoms with E-state index in [1.165, 1.54) is 6.33 Å². The average molecular weight is 295 g/mol. The van der Waals surface area contributed by atoms with Crippen LogP contribution in [0.2, 0.25) is 0 Å². The highest BCUT2D eigenvalue weighted by Crippen LogP contribution is 2.23. The molecule has 0 fully saturated rings. The molecular formula is C15H25N3O3. The van der Waals surface area contributed by atoms with E-state index >= 15 is 0 Å². The van der Waals surface area contributed by atoms with Gasteiger partial charge in [0.1, 0.15) is 12.1 Å². The number of hydrogen-bond donors (Lipinski definition) is 2. The number of aliphatic carboxylic acids is 1. The molecule has 2 N–H and O–H groups in total. The molecule has 1 atom stereocenters. The van der Waals surface area contributed by atoms with Gasteiger partial charge in [-0.15, -0.1) is 0 Å². The number of ether oxygens (including phenoxy) is 1. The summed E-state index contributed by atoms with van der Waals surface area (Å²) >= 11 is 0. The predicted octanol–water partition coefficient (Wildman–Crippen LogP) is 2.73. The molecule has 1 heterocycles. The number of nitrogens with one attached hydrogen (secondary N) is 1. The van der Waals surface area contributed by atoms with Crippen molar-refractivity contribution >= 4 is 11.8 Å². The number of carbonyl (C=O) groups is 1. The minimum Gasteiger partial charge on any atom is -0.481 e. The lowest BCUT2D eigenvalue weighted by Crippen LogP contribution is -2.16. The molecule has 0 aliphatic heterocycles. The van der Waals surface area contributed by atoms with E-state index < -0.39 is 5.97 Å². The SMILES string of the molecule is COc1ncnc(NCCC(CCC(=O)O)C(C)C)c1C. The Kier molecular flexibility index (Phi) is 6.91. The average Bonchev–Trinajstić information content (AvgIpc) is 2.43. The van der Waals surface area contributed by atoms with Crippen LogP contribution in [0.25, 0.3) is 0 Å². The zero-order valence-corrected chi connectivity index (χ0v) is 13.2. The van der Waals surface area contributed by atoms with Crippen molar-refractivity contribution in [3.05, 3.63) is 11.9 Å². The maximum Gasteiger partial charge on any atom is 0.303 e. The maximum atomic E-state index is 10.7. The lowest BCUT2D eigenvalue weighted by molar-refractivity contribution is -0.137. The van der Waals surface area contributed by atoms with Crippen LogP contribution in [0.3, 0.4) is 0 Å². The number of carboxylic acids is 1. The van der Waals surface area contributed by atoms with Gasteiger partial charge in [-0.2, -0.15) is 0 Å². The summed E-state index contributed by atoms with van der Waals surface area (Å²) in [4.78, 5) is 18.9. The normalized spacial score (nSPS) is 12.2. The molecule has 1 rings (SSSR count). The van der Waals surface area contributed by atoms with Gasteiger partial charge in [0.2, 0.25) is 5.88 Å². The monoisotopic (exact) mass is 295 g/mol. The van der Waals surface area contributed by atoms with Crippen LogP contribution in [-0.2, 0) is 4.79 Å². The number of anilines is 1. The van der Waals surface area contributed by atoms with E-state index in [2.05, 4.69) is 29.1 Å². The third-order valence-corrected chi connectivity index (χ3v) is 3.71. The first kappa shape index (κ1) is 17.2. The van der Waals surface area contributed by atoms with Crippen LogP contribution in [0.15, 0.2) is 6.33 Å². The fourth-order valence-electron chi connectivity index (χ4n) is 2.31. The smallest absolute Gasteiger partial charge is 0.303 e. The van der Waals surface area contributed by atoms with Gasteiger partial charge in [-0.05, 0) is 31.6 Å². The van der Waals surface area contributed by atoms with Crippen LogP contribution in [0, 0.1) is 18.8 Å². The van der Waals surface area contributed by atoms with Crippen molar-refractivity contribution in [3.63, 3.8) is 0 Å². The van der Waals surface area contributed by atoms with E-state index in [1.54, 1.807) is 7.11 Å². The number of carboxylic acid groups (broad SMARTS) is 1. The summed E-state index contributed by atoms with van der Waals surface area (Å²) in [5.74, 6) is 1.45. The van der Waals surface area contributed by atoms with Crippen molar-refractivity contribution in [1.82, 2.24) is 9.97 Å². The van der Waals surface area contributed by atoms with Gasteiger partial charge in [0.15, 0.2) is 0 Å². The van der Waals surface area contributed by atoms with Gasteiger partial charge in [-0.25, -0.2) is 9.97 Å². The highest BCUT2D eigenvalue weighted by molar-refractivity contribution is 5.66. The van der Waals surface area contributed by atoms with Gasteiger partial charge < -0.3 is 15.2 Å². The number of hydrogen-bond acceptors (Lipinski definition) is 5. The molecule has 0 aliphatic rings. The van der Waals surface area contributed by atoms with Gasteiger partial charge in [0, 0.05) is 13.0 Å². The molecule has 0 saturated carbocycles. The van der Waals surface area contributed by atoms with Crippen molar-refractivity contribution in [2.24, 2.45) is 11.8 Å². The third-order valence-electron chi connectivity index (χ3n) is 3.71. The molecule has 1 unspecified atom stereocenters. The summed E-state index contributed by atoms with van der Waals surface area (Å²) < 4.78 is 5.16. The highest BCUT2D eigenvalue weighted by Gasteiger charge is 2.15. The molecular weight excluding hydrogens is 270 g/mol. The maximum absolute atomic E-state index is 10.7. The van der Waals surface area contributed by atoms with Gasteiger partial charge in [-0.1, -0.05) is 13.8 Å². The van der Waals surface area contributed by atoms with Crippen LogP contribution < -0.4 is 10.1 Å². The molecule has 118 valence electrons. The van der Waals surface area contributed by atoms with Crippen LogP contribution >= 0.6 is 0 Å². The molecule has 0 saturated heterocycles. The fraction of sp³-hybridized carbons (Fsp3) is 0.667. The first-order valence-electron chi connectivity index (χ1n) is 7.27. The first-order chi connectivity index (χ1) is 9.95. The summed E-state index contributed by atoms with van der Waals surface area (Å²) in [5.41, 5.74) is 0.881. The van der Waals surface area contributed by atoms with E-state index in [-0.39, 0.29) is 6.42 Å². The Hall–Kier alpha value is -1.85. The lowest BCUT2D eigenvalue weighted by Gasteiger charge is -2.20. The van der Waals surface area contributed by atoms with Gasteiger partial charge in [-0.3, -0.25) is 4.79 Å². The highest BCUT2D eigenvalue weighted by atomic mass is 16.5. The van der Waals surface area contributed by atoms with Crippen molar-refractivity contribution in [2.45, 2.75) is 40.0 Å². The Morgan fingerprint density at radius 2 is 2.10 bits per heavy atom. The Bertz CT molecular complexity index is 463. The van der Waals surface area contributed by atoms with Crippen molar-refractivity contribution in [3.8, 4) is 5.88 Å². The number of aromatic nitrogens is 2. The van der Waals surface area contributed by atoms with Crippen molar-refractivity contribution < 1.29 is 14.6 Å². The Labute approximate surface area is 126 Å². The van der Waals surface area contributed by atoms with E-state index in [4.69, 9.17) is 9.84 Å². The van der Waals surface area contributed by atoms with Crippen LogP contribution in [0.5, 0.6) is 5.88 Å². The van der Waals surface area contributed by atoms with Crippen molar-refractivity contribution in [2.75, 3.05) is 19.0 Å². The van der Waals surface area contributed by atoms with E-state index in [0.717, 1.165) is 24.3 Å². The zero-order chi connectivity index (χ0) is 15.8. The van der Waals surface area contributed by atoms with Crippen LogP contribution in [0.4, 0.5) is 5.82 Å². The molecule has 0 radical (unpaired) electrons.